The van der Waals surface area contributed by atoms with E-state index in [1.165, 1.54) is 20.8 Å². The first-order chi connectivity index (χ1) is 4.75. The number of hydrogen-bond donors (Lipinski definition) is 1. The summed E-state index contributed by atoms with van der Waals surface area (Å²) in [4.78, 5) is 0. The van der Waals surface area contributed by atoms with Crippen molar-refractivity contribution in [2.45, 2.75) is 31.1 Å². The number of rotatable bonds is 3. The molecule has 0 aliphatic heterocycles. The van der Waals surface area contributed by atoms with Crippen molar-refractivity contribution in [1.29, 1.82) is 0 Å². The van der Waals surface area contributed by atoms with Gasteiger partial charge in [0, 0.05) is 5.75 Å². The number of hydrogen-bond acceptors (Lipinski definition) is 3. The zero-order chi connectivity index (χ0) is 9.28. The molecule has 0 saturated heterocycles. The lowest BCUT2D eigenvalue weighted by atomic mass is 10.3. The van der Waals surface area contributed by atoms with Crippen LogP contribution in [0.4, 0.5) is 0 Å². The van der Waals surface area contributed by atoms with Crippen LogP contribution in [0.25, 0.3) is 0 Å². The zero-order valence-electron chi connectivity index (χ0n) is 6.83. The van der Waals surface area contributed by atoms with Gasteiger partial charge in [-0.25, -0.2) is 8.42 Å². The van der Waals surface area contributed by atoms with Gasteiger partial charge in [-0.15, -0.1) is 0 Å². The Bertz CT molecular complexity index is 218. The van der Waals surface area contributed by atoms with Crippen LogP contribution in [0.3, 0.4) is 0 Å². The molecule has 0 amide bonds. The van der Waals surface area contributed by atoms with Crippen molar-refractivity contribution in [1.82, 2.24) is 0 Å². The molecule has 11 heavy (non-hydrogen) atoms. The molecule has 2 atom stereocenters. The molecule has 1 N–H and O–H groups in total. The fourth-order valence-corrected chi connectivity index (χ4v) is 1.95. The van der Waals surface area contributed by atoms with E-state index in [1.807, 2.05) is 0 Å². The highest BCUT2D eigenvalue weighted by atomic mass is 35.5. The molecule has 0 rings (SSSR count). The maximum atomic E-state index is 11.2. The Kier molecular flexibility index (Phi) is 3.35. The summed E-state index contributed by atoms with van der Waals surface area (Å²) in [5, 5.41) is 9.04. The predicted octanol–water partition coefficient (Wildman–Crippen LogP) is 0.757. The summed E-state index contributed by atoms with van der Waals surface area (Å²) in [6.45, 7) is 4.16. The van der Waals surface area contributed by atoms with Crippen LogP contribution in [0.5, 0.6) is 0 Å². The van der Waals surface area contributed by atoms with Gasteiger partial charge in [-0.2, -0.15) is 0 Å². The van der Waals surface area contributed by atoms with Crippen molar-refractivity contribution < 1.29 is 13.5 Å². The highest BCUT2D eigenvalue weighted by Gasteiger charge is 2.40. The van der Waals surface area contributed by atoms with Gasteiger partial charge in [-0.1, -0.05) is 18.5 Å². The Labute approximate surface area is 72.3 Å². The summed E-state index contributed by atoms with van der Waals surface area (Å²) in [7, 11) is -3.38. The molecule has 0 aromatic carbocycles. The van der Waals surface area contributed by atoms with Crippen LogP contribution in [0, 0.1) is 0 Å². The molecule has 0 saturated carbocycles. The highest BCUT2D eigenvalue weighted by molar-refractivity contribution is 7.94. The average molecular weight is 201 g/mol. The van der Waals surface area contributed by atoms with Crippen LogP contribution < -0.4 is 0 Å². The largest absolute Gasteiger partial charge is 0.390 e. The lowest BCUT2D eigenvalue weighted by Crippen LogP contribution is -2.40. The summed E-state index contributed by atoms with van der Waals surface area (Å²) < 4.78 is 20.8. The van der Waals surface area contributed by atoms with Crippen LogP contribution in [0.2, 0.25) is 0 Å². The van der Waals surface area contributed by atoms with Crippen LogP contribution >= 0.6 is 11.6 Å². The smallest absolute Gasteiger partial charge is 0.171 e. The zero-order valence-corrected chi connectivity index (χ0v) is 8.41. The summed E-state index contributed by atoms with van der Waals surface area (Å²) in [5.74, 6) is -0.0576. The van der Waals surface area contributed by atoms with Gasteiger partial charge >= 0.3 is 0 Å². The van der Waals surface area contributed by atoms with Crippen LogP contribution in [-0.2, 0) is 9.84 Å². The molecule has 0 aromatic rings. The van der Waals surface area contributed by atoms with Crippen molar-refractivity contribution >= 4 is 21.4 Å². The second kappa shape index (κ2) is 3.29. The number of aliphatic hydroxyl groups excluding tert-OH is 1. The summed E-state index contributed by atoms with van der Waals surface area (Å²) >= 11 is 5.62. The van der Waals surface area contributed by atoms with Gasteiger partial charge in [0.05, 0.1) is 6.10 Å². The SMILES string of the molecule is CCS(=O)(=O)[C@](C)(Cl)[C@@H](C)O. The van der Waals surface area contributed by atoms with Crippen LogP contribution in [0.1, 0.15) is 20.8 Å². The molecule has 68 valence electrons. The van der Waals surface area contributed by atoms with Gasteiger partial charge in [0.15, 0.2) is 14.0 Å². The lowest BCUT2D eigenvalue weighted by Gasteiger charge is -2.24. The second-order valence-electron chi connectivity index (χ2n) is 2.57. The van der Waals surface area contributed by atoms with E-state index in [1.54, 1.807) is 0 Å². The Morgan fingerprint density at radius 1 is 1.64 bits per heavy atom. The average Bonchev–Trinajstić information content (AvgIpc) is 1.87. The molecule has 0 aliphatic rings. The molecule has 0 unspecified atom stereocenters. The summed E-state index contributed by atoms with van der Waals surface area (Å²) in [6.07, 6.45) is -1.06. The maximum absolute atomic E-state index is 11.2. The second-order valence-corrected chi connectivity index (χ2v) is 6.23. The minimum Gasteiger partial charge on any atom is -0.390 e. The van der Waals surface area contributed by atoms with E-state index in [2.05, 4.69) is 0 Å². The number of halogens is 1. The van der Waals surface area contributed by atoms with E-state index in [0.29, 0.717) is 0 Å². The van der Waals surface area contributed by atoms with Gasteiger partial charge in [0.2, 0.25) is 0 Å². The van der Waals surface area contributed by atoms with Crippen molar-refractivity contribution in [2.24, 2.45) is 0 Å². The van der Waals surface area contributed by atoms with Gasteiger partial charge in [-0.05, 0) is 13.8 Å². The van der Waals surface area contributed by atoms with Crippen molar-refractivity contribution in [2.75, 3.05) is 5.75 Å². The van der Waals surface area contributed by atoms with E-state index < -0.39 is 20.1 Å². The van der Waals surface area contributed by atoms with E-state index in [-0.39, 0.29) is 5.75 Å². The summed E-state index contributed by atoms with van der Waals surface area (Å²) in [5.41, 5.74) is 0. The molecule has 0 aliphatic carbocycles. The molecule has 0 aromatic heterocycles. The minimum absolute atomic E-state index is 0.0576. The van der Waals surface area contributed by atoms with E-state index in [4.69, 9.17) is 16.7 Å². The fraction of sp³-hybridized carbons (Fsp3) is 1.00. The van der Waals surface area contributed by atoms with Crippen LogP contribution in [-0.4, -0.2) is 29.6 Å². The van der Waals surface area contributed by atoms with Crippen molar-refractivity contribution in [3.05, 3.63) is 0 Å². The van der Waals surface area contributed by atoms with Crippen LogP contribution in [0.15, 0.2) is 0 Å². The first-order valence-corrected chi connectivity index (χ1v) is 5.38. The molecule has 0 radical (unpaired) electrons. The maximum Gasteiger partial charge on any atom is 0.171 e. The monoisotopic (exact) mass is 200 g/mol. The van der Waals surface area contributed by atoms with E-state index in [0.717, 1.165) is 0 Å². The molecular formula is C6H13ClO3S. The Morgan fingerprint density at radius 3 is 2.09 bits per heavy atom. The Morgan fingerprint density at radius 2 is 2.00 bits per heavy atom. The molecule has 0 bridgehead atoms. The third kappa shape index (κ3) is 2.07. The Hall–Kier alpha value is 0.200. The molecule has 0 heterocycles. The predicted molar refractivity (Wildman–Crippen MR) is 45.4 cm³/mol. The summed E-state index contributed by atoms with van der Waals surface area (Å²) in [6, 6.07) is 0. The number of sulfone groups is 1. The topological polar surface area (TPSA) is 54.4 Å². The first-order valence-electron chi connectivity index (χ1n) is 3.35. The molecule has 3 nitrogen and oxygen atoms in total. The van der Waals surface area contributed by atoms with Crippen molar-refractivity contribution in [3.63, 3.8) is 0 Å². The minimum atomic E-state index is -3.38. The normalized spacial score (nSPS) is 20.8. The highest BCUT2D eigenvalue weighted by Crippen LogP contribution is 2.26. The number of alkyl halides is 1. The van der Waals surface area contributed by atoms with Crippen molar-refractivity contribution in [3.8, 4) is 0 Å². The fourth-order valence-electron chi connectivity index (χ4n) is 0.542. The molecule has 0 spiro atoms. The number of aliphatic hydroxyl groups is 1. The molecular weight excluding hydrogens is 188 g/mol. The molecule has 0 fully saturated rings. The first kappa shape index (κ1) is 11.2. The van der Waals surface area contributed by atoms with Gasteiger partial charge in [-0.3, -0.25) is 0 Å². The van der Waals surface area contributed by atoms with Gasteiger partial charge in [0.1, 0.15) is 0 Å². The third-order valence-corrected chi connectivity index (χ3v) is 5.07. The van der Waals surface area contributed by atoms with E-state index >= 15 is 0 Å². The quantitative estimate of drug-likeness (QED) is 0.685. The standard InChI is InChI=1S/C6H13ClO3S/c1-4-11(9,10)6(3,7)5(2)8/h5,8H,4H2,1-3H3/t5-,6+/m1/s1. The van der Waals surface area contributed by atoms with E-state index in [9.17, 15) is 8.42 Å². The third-order valence-electron chi connectivity index (χ3n) is 1.73. The van der Waals surface area contributed by atoms with Gasteiger partial charge < -0.3 is 5.11 Å². The lowest BCUT2D eigenvalue weighted by molar-refractivity contribution is 0.180. The van der Waals surface area contributed by atoms with Gasteiger partial charge in [0.25, 0.3) is 0 Å². The Balaban J connectivity index is 4.85. The molecule has 5 heteroatoms.